The zero-order valence-corrected chi connectivity index (χ0v) is 13.4. The van der Waals surface area contributed by atoms with E-state index in [4.69, 9.17) is 4.74 Å². The molecule has 1 unspecified atom stereocenters. The summed E-state index contributed by atoms with van der Waals surface area (Å²) in [5.74, 6) is 0. The normalized spacial score (nSPS) is 19.6. The second-order valence-electron chi connectivity index (χ2n) is 4.90. The van der Waals surface area contributed by atoms with Gasteiger partial charge in [0.1, 0.15) is 4.21 Å². The SMILES string of the molecule is CNCCc1ccc(S(=O)(=O)NCCC2CCCO2)s1. The van der Waals surface area contributed by atoms with E-state index in [0.29, 0.717) is 10.8 Å². The molecule has 1 aromatic heterocycles. The van der Waals surface area contributed by atoms with Gasteiger partial charge in [-0.15, -0.1) is 11.3 Å². The van der Waals surface area contributed by atoms with E-state index in [1.54, 1.807) is 6.07 Å². The van der Waals surface area contributed by atoms with E-state index < -0.39 is 10.0 Å². The van der Waals surface area contributed by atoms with E-state index >= 15 is 0 Å². The largest absolute Gasteiger partial charge is 0.378 e. The fraction of sp³-hybridized carbons (Fsp3) is 0.692. The van der Waals surface area contributed by atoms with E-state index in [2.05, 4.69) is 10.0 Å². The van der Waals surface area contributed by atoms with Crippen LogP contribution in [0.1, 0.15) is 24.1 Å². The van der Waals surface area contributed by atoms with E-state index in [1.165, 1.54) is 11.3 Å². The van der Waals surface area contributed by atoms with Gasteiger partial charge in [0.05, 0.1) is 6.10 Å². The van der Waals surface area contributed by atoms with Crippen molar-refractivity contribution in [2.24, 2.45) is 0 Å². The number of hydrogen-bond donors (Lipinski definition) is 2. The predicted molar refractivity (Wildman–Crippen MR) is 80.7 cm³/mol. The lowest BCUT2D eigenvalue weighted by molar-refractivity contribution is 0.105. The lowest BCUT2D eigenvalue weighted by atomic mass is 10.2. The first-order chi connectivity index (χ1) is 9.62. The van der Waals surface area contributed by atoms with Crippen LogP contribution < -0.4 is 10.0 Å². The van der Waals surface area contributed by atoms with Gasteiger partial charge in [-0.25, -0.2) is 13.1 Å². The van der Waals surface area contributed by atoms with E-state index in [9.17, 15) is 8.42 Å². The van der Waals surface area contributed by atoms with Gasteiger partial charge in [0.2, 0.25) is 10.0 Å². The molecule has 2 rings (SSSR count). The van der Waals surface area contributed by atoms with Crippen LogP contribution in [0, 0.1) is 0 Å². The van der Waals surface area contributed by atoms with Crippen molar-refractivity contribution in [3.8, 4) is 0 Å². The number of rotatable bonds is 8. The minimum atomic E-state index is -3.36. The Morgan fingerprint density at radius 1 is 1.40 bits per heavy atom. The van der Waals surface area contributed by atoms with Gasteiger partial charge >= 0.3 is 0 Å². The van der Waals surface area contributed by atoms with Crippen LogP contribution in [-0.4, -0.2) is 41.3 Å². The number of sulfonamides is 1. The number of ether oxygens (including phenoxy) is 1. The third-order valence-electron chi connectivity index (χ3n) is 3.31. The fourth-order valence-corrected chi connectivity index (χ4v) is 4.63. The maximum Gasteiger partial charge on any atom is 0.250 e. The Bertz CT molecular complexity index is 507. The van der Waals surface area contributed by atoms with E-state index in [1.807, 2.05) is 13.1 Å². The predicted octanol–water partition coefficient (Wildman–Crippen LogP) is 1.36. The molecular formula is C13H22N2O3S2. The van der Waals surface area contributed by atoms with Crippen LogP contribution in [-0.2, 0) is 21.2 Å². The van der Waals surface area contributed by atoms with Gasteiger partial charge in [-0.1, -0.05) is 0 Å². The van der Waals surface area contributed by atoms with Crippen molar-refractivity contribution in [2.75, 3.05) is 26.7 Å². The number of hydrogen-bond acceptors (Lipinski definition) is 5. The van der Waals surface area contributed by atoms with E-state index in [0.717, 1.165) is 43.7 Å². The van der Waals surface area contributed by atoms with Gasteiger partial charge < -0.3 is 10.1 Å². The first-order valence-corrected chi connectivity index (χ1v) is 9.26. The van der Waals surface area contributed by atoms with Gasteiger partial charge in [0.15, 0.2) is 0 Å². The highest BCUT2D eigenvalue weighted by atomic mass is 32.2. The monoisotopic (exact) mass is 318 g/mol. The Labute approximate surface area is 124 Å². The van der Waals surface area contributed by atoms with Crippen molar-refractivity contribution < 1.29 is 13.2 Å². The Balaban J connectivity index is 1.83. The van der Waals surface area contributed by atoms with Crippen LogP contribution in [0.3, 0.4) is 0 Å². The summed E-state index contributed by atoms with van der Waals surface area (Å²) in [5.41, 5.74) is 0. The van der Waals surface area contributed by atoms with Crippen molar-refractivity contribution in [1.82, 2.24) is 10.0 Å². The van der Waals surface area contributed by atoms with Crippen LogP contribution in [0.5, 0.6) is 0 Å². The maximum atomic E-state index is 12.1. The molecule has 0 amide bonds. The number of likely N-dealkylation sites (N-methyl/N-ethyl adjacent to an activating group) is 1. The molecule has 1 saturated heterocycles. The summed E-state index contributed by atoms with van der Waals surface area (Å²) in [7, 11) is -1.48. The second kappa shape index (κ2) is 7.51. The molecular weight excluding hydrogens is 296 g/mol. The molecule has 20 heavy (non-hydrogen) atoms. The number of thiophene rings is 1. The molecule has 5 nitrogen and oxygen atoms in total. The average Bonchev–Trinajstić information content (AvgIpc) is 3.07. The molecule has 0 aromatic carbocycles. The van der Waals surface area contributed by atoms with Crippen molar-refractivity contribution >= 4 is 21.4 Å². The lowest BCUT2D eigenvalue weighted by Gasteiger charge is -2.09. The molecule has 0 aliphatic carbocycles. The Morgan fingerprint density at radius 2 is 2.25 bits per heavy atom. The molecule has 2 N–H and O–H groups in total. The zero-order chi connectivity index (χ0) is 14.4. The van der Waals surface area contributed by atoms with Crippen LogP contribution in [0.25, 0.3) is 0 Å². The third-order valence-corrected chi connectivity index (χ3v) is 6.40. The quantitative estimate of drug-likeness (QED) is 0.759. The Morgan fingerprint density at radius 3 is 2.95 bits per heavy atom. The molecule has 1 aliphatic rings. The van der Waals surface area contributed by atoms with Crippen LogP contribution in [0.2, 0.25) is 0 Å². The summed E-state index contributed by atoms with van der Waals surface area (Å²) in [6, 6.07) is 3.57. The first kappa shape index (κ1) is 15.9. The summed E-state index contributed by atoms with van der Waals surface area (Å²) in [5, 5.41) is 3.06. The zero-order valence-electron chi connectivity index (χ0n) is 11.7. The molecule has 0 saturated carbocycles. The van der Waals surface area contributed by atoms with Gasteiger partial charge in [-0.3, -0.25) is 0 Å². The summed E-state index contributed by atoms with van der Waals surface area (Å²) in [6.45, 7) is 2.10. The number of nitrogens with one attached hydrogen (secondary N) is 2. The van der Waals surface area contributed by atoms with Crippen molar-refractivity contribution in [3.05, 3.63) is 17.0 Å². The summed E-state index contributed by atoms with van der Waals surface area (Å²) in [6.07, 6.45) is 3.93. The average molecular weight is 318 g/mol. The Kier molecular flexibility index (Phi) is 5.98. The summed E-state index contributed by atoms with van der Waals surface area (Å²) >= 11 is 1.34. The molecule has 1 fully saturated rings. The topological polar surface area (TPSA) is 67.4 Å². The van der Waals surface area contributed by atoms with Crippen molar-refractivity contribution in [3.63, 3.8) is 0 Å². The molecule has 0 spiro atoms. The highest BCUT2D eigenvalue weighted by Gasteiger charge is 2.19. The van der Waals surface area contributed by atoms with Crippen molar-refractivity contribution in [2.45, 2.75) is 36.0 Å². The summed E-state index contributed by atoms with van der Waals surface area (Å²) in [4.78, 5) is 1.08. The van der Waals surface area contributed by atoms with Gasteiger partial charge in [0.25, 0.3) is 0 Å². The fourth-order valence-electron chi connectivity index (χ4n) is 2.18. The highest BCUT2D eigenvalue weighted by Crippen LogP contribution is 2.22. The minimum Gasteiger partial charge on any atom is -0.378 e. The van der Waals surface area contributed by atoms with Gasteiger partial charge in [-0.2, -0.15) is 0 Å². The standard InChI is InChI=1S/C13H22N2O3S2/c1-14-8-7-12-4-5-13(19-12)20(16,17)15-9-6-11-3-2-10-18-11/h4-5,11,14-15H,2-3,6-10H2,1H3. The van der Waals surface area contributed by atoms with Crippen LogP contribution >= 0.6 is 11.3 Å². The summed E-state index contributed by atoms with van der Waals surface area (Å²) < 4.78 is 32.8. The molecule has 1 aliphatic heterocycles. The molecule has 0 bridgehead atoms. The van der Waals surface area contributed by atoms with Gasteiger partial charge in [-0.05, 0) is 51.4 Å². The maximum absolute atomic E-state index is 12.1. The smallest absolute Gasteiger partial charge is 0.250 e. The van der Waals surface area contributed by atoms with Gasteiger partial charge in [0, 0.05) is 18.0 Å². The molecule has 1 aromatic rings. The highest BCUT2D eigenvalue weighted by molar-refractivity contribution is 7.91. The lowest BCUT2D eigenvalue weighted by Crippen LogP contribution is -2.26. The molecule has 114 valence electrons. The molecule has 2 heterocycles. The molecule has 0 radical (unpaired) electrons. The minimum absolute atomic E-state index is 0.215. The second-order valence-corrected chi connectivity index (χ2v) is 8.06. The van der Waals surface area contributed by atoms with Crippen LogP contribution in [0.4, 0.5) is 0 Å². The Hall–Kier alpha value is -0.470. The molecule has 1 atom stereocenters. The van der Waals surface area contributed by atoms with Crippen molar-refractivity contribution in [1.29, 1.82) is 0 Å². The van der Waals surface area contributed by atoms with E-state index in [-0.39, 0.29) is 6.10 Å². The third kappa shape index (κ3) is 4.53. The first-order valence-electron chi connectivity index (χ1n) is 6.96. The van der Waals surface area contributed by atoms with Crippen LogP contribution in [0.15, 0.2) is 16.3 Å². The molecule has 7 heteroatoms.